The second kappa shape index (κ2) is 6.12. The number of nitrogens with zero attached hydrogens (tertiary/aromatic N) is 2. The lowest BCUT2D eigenvalue weighted by Gasteiger charge is -2.19. The number of aryl methyl sites for hydroxylation is 1. The van der Waals surface area contributed by atoms with Crippen molar-refractivity contribution >= 4 is 23.3 Å². The van der Waals surface area contributed by atoms with Crippen LogP contribution in [-0.4, -0.2) is 30.6 Å². The summed E-state index contributed by atoms with van der Waals surface area (Å²) in [5.41, 5.74) is 0.674. The molecule has 1 N–H and O–H groups in total. The molecular formula is C16H17N3O4. The Hall–Kier alpha value is -2.83. The van der Waals surface area contributed by atoms with Gasteiger partial charge in [0.25, 0.3) is 0 Å². The van der Waals surface area contributed by atoms with Gasteiger partial charge in [-0.25, -0.2) is 0 Å². The molecule has 23 heavy (non-hydrogen) atoms. The molecule has 2 amide bonds. The summed E-state index contributed by atoms with van der Waals surface area (Å²) in [6.07, 6.45) is 0.153. The van der Waals surface area contributed by atoms with Gasteiger partial charge >= 0.3 is 0 Å². The summed E-state index contributed by atoms with van der Waals surface area (Å²) in [6, 6.07) is 8.88. The number of carbonyl (C=O) groups is 2. The lowest BCUT2D eigenvalue weighted by molar-refractivity contribution is -0.122. The van der Waals surface area contributed by atoms with Gasteiger partial charge in [0.05, 0.1) is 18.7 Å². The van der Waals surface area contributed by atoms with Gasteiger partial charge in [-0.1, -0.05) is 17.3 Å². The Kier molecular flexibility index (Phi) is 4.01. The standard InChI is InChI=1S/C16H17N3O4/c1-10-7-14(18-23-10)17-16(21)11-8-15(20)19(9-11)12-5-3-4-6-13(12)22-2/h3-7,11H,8-9H2,1-2H3,(H,17,18,21)/t11-/m1/s1. The van der Waals surface area contributed by atoms with Gasteiger partial charge < -0.3 is 19.5 Å². The van der Waals surface area contributed by atoms with Crippen molar-refractivity contribution in [2.75, 3.05) is 23.9 Å². The zero-order valence-corrected chi connectivity index (χ0v) is 12.9. The summed E-state index contributed by atoms with van der Waals surface area (Å²) in [4.78, 5) is 26.1. The molecule has 7 nitrogen and oxygen atoms in total. The van der Waals surface area contributed by atoms with Crippen molar-refractivity contribution in [2.45, 2.75) is 13.3 Å². The molecule has 0 radical (unpaired) electrons. The van der Waals surface area contributed by atoms with Crippen LogP contribution >= 0.6 is 0 Å². The first kappa shape index (κ1) is 15.1. The highest BCUT2D eigenvalue weighted by atomic mass is 16.5. The Morgan fingerprint density at radius 2 is 2.22 bits per heavy atom. The summed E-state index contributed by atoms with van der Waals surface area (Å²) in [7, 11) is 1.55. The summed E-state index contributed by atoms with van der Waals surface area (Å²) in [6.45, 7) is 2.05. The summed E-state index contributed by atoms with van der Waals surface area (Å²) >= 11 is 0. The quantitative estimate of drug-likeness (QED) is 0.932. The van der Waals surface area contributed by atoms with E-state index in [0.29, 0.717) is 29.6 Å². The minimum atomic E-state index is -0.440. The normalized spacial score (nSPS) is 17.4. The van der Waals surface area contributed by atoms with E-state index in [0.717, 1.165) is 0 Å². The second-order valence-electron chi connectivity index (χ2n) is 5.39. The van der Waals surface area contributed by atoms with Gasteiger partial charge in [-0.3, -0.25) is 9.59 Å². The number of rotatable bonds is 4. The average Bonchev–Trinajstić information content (AvgIpc) is 3.13. The topological polar surface area (TPSA) is 84.7 Å². The van der Waals surface area contributed by atoms with Crippen LogP contribution in [0.15, 0.2) is 34.9 Å². The van der Waals surface area contributed by atoms with E-state index in [2.05, 4.69) is 10.5 Å². The molecule has 7 heteroatoms. The van der Waals surface area contributed by atoms with Crippen molar-refractivity contribution in [3.05, 3.63) is 36.1 Å². The van der Waals surface area contributed by atoms with Gasteiger partial charge in [0.1, 0.15) is 11.5 Å². The fourth-order valence-electron chi connectivity index (χ4n) is 2.62. The second-order valence-corrected chi connectivity index (χ2v) is 5.39. The number of nitrogens with one attached hydrogen (secondary N) is 1. The van der Waals surface area contributed by atoms with E-state index in [9.17, 15) is 9.59 Å². The molecular weight excluding hydrogens is 298 g/mol. The van der Waals surface area contributed by atoms with Crippen molar-refractivity contribution in [3.8, 4) is 5.75 Å². The lowest BCUT2D eigenvalue weighted by Crippen LogP contribution is -2.28. The summed E-state index contributed by atoms with van der Waals surface area (Å²) < 4.78 is 10.2. The van der Waals surface area contributed by atoms with E-state index in [1.54, 1.807) is 37.1 Å². The number of benzene rings is 1. The van der Waals surface area contributed by atoms with Crippen LogP contribution in [0.25, 0.3) is 0 Å². The first-order valence-electron chi connectivity index (χ1n) is 7.26. The van der Waals surface area contributed by atoms with Crippen molar-refractivity contribution in [1.29, 1.82) is 0 Å². The average molecular weight is 315 g/mol. The maximum atomic E-state index is 12.3. The van der Waals surface area contributed by atoms with E-state index >= 15 is 0 Å². The van der Waals surface area contributed by atoms with Crippen LogP contribution in [0, 0.1) is 12.8 Å². The Bertz CT molecular complexity index is 740. The number of amides is 2. The van der Waals surface area contributed by atoms with E-state index in [4.69, 9.17) is 9.26 Å². The molecule has 2 aromatic rings. The molecule has 120 valence electrons. The predicted molar refractivity (Wildman–Crippen MR) is 83.3 cm³/mol. The monoisotopic (exact) mass is 315 g/mol. The molecule has 1 aliphatic heterocycles. The third-order valence-electron chi connectivity index (χ3n) is 3.75. The molecule has 0 spiro atoms. The Balaban J connectivity index is 1.73. The fraction of sp³-hybridized carbons (Fsp3) is 0.312. The van der Waals surface area contributed by atoms with Crippen molar-refractivity contribution in [1.82, 2.24) is 5.16 Å². The minimum absolute atomic E-state index is 0.106. The number of hydrogen-bond donors (Lipinski definition) is 1. The van der Waals surface area contributed by atoms with E-state index in [1.165, 1.54) is 0 Å². The number of methoxy groups -OCH3 is 1. The number of para-hydroxylation sites is 2. The molecule has 1 fully saturated rings. The molecule has 0 bridgehead atoms. The Labute approximate surface area is 133 Å². The number of carbonyl (C=O) groups excluding carboxylic acids is 2. The molecule has 1 aromatic carbocycles. The smallest absolute Gasteiger partial charge is 0.231 e. The summed E-state index contributed by atoms with van der Waals surface area (Å²) in [5.74, 6) is 0.780. The molecule has 1 aliphatic rings. The van der Waals surface area contributed by atoms with Crippen LogP contribution in [0.5, 0.6) is 5.75 Å². The first-order chi connectivity index (χ1) is 11.1. The highest BCUT2D eigenvalue weighted by Crippen LogP contribution is 2.33. The SMILES string of the molecule is COc1ccccc1N1C[C@H](C(=O)Nc2cc(C)on2)CC1=O. The van der Waals surface area contributed by atoms with Crippen LogP contribution in [0.3, 0.4) is 0 Å². The molecule has 0 aliphatic carbocycles. The van der Waals surface area contributed by atoms with Crippen molar-refractivity contribution in [3.63, 3.8) is 0 Å². The molecule has 1 aromatic heterocycles. The number of anilines is 2. The van der Waals surface area contributed by atoms with Crippen LogP contribution in [0.1, 0.15) is 12.2 Å². The van der Waals surface area contributed by atoms with Gasteiger partial charge in [0.15, 0.2) is 5.82 Å². The van der Waals surface area contributed by atoms with Gasteiger partial charge in [0, 0.05) is 19.0 Å². The van der Waals surface area contributed by atoms with Gasteiger partial charge in [-0.05, 0) is 19.1 Å². The first-order valence-corrected chi connectivity index (χ1v) is 7.26. The van der Waals surface area contributed by atoms with Crippen LogP contribution < -0.4 is 15.0 Å². The lowest BCUT2D eigenvalue weighted by atomic mass is 10.1. The van der Waals surface area contributed by atoms with Crippen LogP contribution in [0.2, 0.25) is 0 Å². The van der Waals surface area contributed by atoms with E-state index in [-0.39, 0.29) is 18.2 Å². The highest BCUT2D eigenvalue weighted by molar-refractivity contribution is 6.03. The molecule has 3 rings (SSSR count). The van der Waals surface area contributed by atoms with Gasteiger partial charge in [0.2, 0.25) is 11.8 Å². The number of hydrogen-bond acceptors (Lipinski definition) is 5. The Morgan fingerprint density at radius 3 is 2.91 bits per heavy atom. The maximum absolute atomic E-state index is 12.3. The third-order valence-corrected chi connectivity index (χ3v) is 3.75. The van der Waals surface area contributed by atoms with Crippen LogP contribution in [-0.2, 0) is 9.59 Å². The molecule has 1 atom stereocenters. The summed E-state index contributed by atoms with van der Waals surface area (Å²) in [5, 5.41) is 6.40. The predicted octanol–water partition coefficient (Wildman–Crippen LogP) is 1.98. The molecule has 1 saturated heterocycles. The zero-order chi connectivity index (χ0) is 16.4. The maximum Gasteiger partial charge on any atom is 0.231 e. The van der Waals surface area contributed by atoms with Gasteiger partial charge in [-0.2, -0.15) is 0 Å². The Morgan fingerprint density at radius 1 is 1.43 bits per heavy atom. The number of aromatic nitrogens is 1. The van der Waals surface area contributed by atoms with Crippen molar-refractivity contribution in [2.24, 2.45) is 5.92 Å². The third kappa shape index (κ3) is 3.03. The number of ether oxygens (including phenoxy) is 1. The minimum Gasteiger partial charge on any atom is -0.495 e. The van der Waals surface area contributed by atoms with E-state index in [1.807, 2.05) is 12.1 Å². The molecule has 0 unspecified atom stereocenters. The molecule has 0 saturated carbocycles. The van der Waals surface area contributed by atoms with Crippen LogP contribution in [0.4, 0.5) is 11.5 Å². The fourth-order valence-corrected chi connectivity index (χ4v) is 2.62. The van der Waals surface area contributed by atoms with Crippen molar-refractivity contribution < 1.29 is 18.8 Å². The highest BCUT2D eigenvalue weighted by Gasteiger charge is 2.36. The molecule has 2 heterocycles. The largest absolute Gasteiger partial charge is 0.495 e. The van der Waals surface area contributed by atoms with E-state index < -0.39 is 5.92 Å². The van der Waals surface area contributed by atoms with Gasteiger partial charge in [-0.15, -0.1) is 0 Å². The zero-order valence-electron chi connectivity index (χ0n) is 12.9.